The molecule has 4 rings (SSSR count). The summed E-state index contributed by atoms with van der Waals surface area (Å²) in [5.41, 5.74) is 4.74. The lowest BCUT2D eigenvalue weighted by Gasteiger charge is -2.25. The molecule has 5 heteroatoms. The molecule has 0 amide bonds. The topological polar surface area (TPSA) is 37.3 Å². The molecule has 1 saturated heterocycles. The molecule has 0 aromatic heterocycles. The number of ether oxygens (including phenoxy) is 2. The number of hydrogen-bond acceptors (Lipinski definition) is 5. The van der Waals surface area contributed by atoms with Crippen LogP contribution in [-0.2, 0) is 11.3 Å². The summed E-state index contributed by atoms with van der Waals surface area (Å²) in [5, 5.41) is 0. The second-order valence-electron chi connectivity index (χ2n) is 7.62. The summed E-state index contributed by atoms with van der Waals surface area (Å²) in [4.78, 5) is 9.27. The number of hydrogen-bond donors (Lipinski definition) is 0. The molecule has 2 aliphatic rings. The van der Waals surface area contributed by atoms with Gasteiger partial charge in [-0.15, -0.1) is 0 Å². The van der Waals surface area contributed by atoms with Crippen molar-refractivity contribution in [1.29, 1.82) is 0 Å². The van der Waals surface area contributed by atoms with Crippen molar-refractivity contribution in [2.75, 3.05) is 38.9 Å². The number of likely N-dealkylation sites (tertiary alicyclic amines) is 1. The highest BCUT2D eigenvalue weighted by molar-refractivity contribution is 6.11. The number of aliphatic imine (C=N–C) groups is 1. The van der Waals surface area contributed by atoms with Crippen LogP contribution >= 0.6 is 0 Å². The van der Waals surface area contributed by atoms with Crippen LogP contribution in [0.25, 0.3) is 5.57 Å². The minimum absolute atomic E-state index is 0.547. The molecular weight excluding hydrogens is 362 g/mol. The molecule has 0 N–H and O–H groups in total. The first-order chi connectivity index (χ1) is 14.3. The summed E-state index contributed by atoms with van der Waals surface area (Å²) < 4.78 is 10.6. The third-order valence-corrected chi connectivity index (χ3v) is 5.69. The summed E-state index contributed by atoms with van der Waals surface area (Å²) >= 11 is 0. The summed E-state index contributed by atoms with van der Waals surface area (Å²) in [7, 11) is 3.48. The molecule has 0 spiro atoms. The number of benzene rings is 2. The van der Waals surface area contributed by atoms with E-state index in [1.54, 1.807) is 14.2 Å². The number of nitrogens with zero attached hydrogens (tertiary/aromatic N) is 3. The van der Waals surface area contributed by atoms with E-state index in [0.717, 1.165) is 42.3 Å². The first-order valence-corrected chi connectivity index (χ1v) is 10.2. The third-order valence-electron chi connectivity index (χ3n) is 5.69. The van der Waals surface area contributed by atoms with Crippen LogP contribution in [-0.4, -0.2) is 51.2 Å². The molecule has 2 heterocycles. The van der Waals surface area contributed by atoms with E-state index in [-0.39, 0.29) is 0 Å². The van der Waals surface area contributed by atoms with Crippen molar-refractivity contribution in [2.24, 2.45) is 4.99 Å². The maximum Gasteiger partial charge on any atom is 0.118 e. The molecule has 2 aromatic rings. The van der Waals surface area contributed by atoms with Crippen LogP contribution in [0.5, 0.6) is 5.75 Å². The van der Waals surface area contributed by atoms with Crippen molar-refractivity contribution in [3.63, 3.8) is 0 Å². The summed E-state index contributed by atoms with van der Waals surface area (Å²) in [6, 6.07) is 17.5. The predicted octanol–water partition coefficient (Wildman–Crippen LogP) is 4.20. The first kappa shape index (κ1) is 19.7. The van der Waals surface area contributed by atoms with Crippen LogP contribution < -0.4 is 9.64 Å². The monoisotopic (exact) mass is 391 g/mol. The molecule has 0 radical (unpaired) electrons. The van der Waals surface area contributed by atoms with Crippen LogP contribution in [0.15, 0.2) is 59.7 Å². The molecule has 1 fully saturated rings. The standard InChI is InChI=1S/C24H29N3O2/c1-28-17-23-4-3-13-26(23)15-19-5-9-22(10-6-19)27-16-21(14-25-18-27)20-7-11-24(29-2)12-8-20/h5-12,14,16,23H,3-4,13,15,17-18H2,1-2H3/t23-/m1/s1. The number of anilines is 1. The van der Waals surface area contributed by atoms with E-state index in [4.69, 9.17) is 9.47 Å². The minimum Gasteiger partial charge on any atom is -0.497 e. The Kier molecular flexibility index (Phi) is 6.27. The second-order valence-corrected chi connectivity index (χ2v) is 7.62. The highest BCUT2D eigenvalue weighted by Crippen LogP contribution is 2.25. The highest BCUT2D eigenvalue weighted by atomic mass is 16.5. The molecule has 2 aliphatic heterocycles. The van der Waals surface area contributed by atoms with E-state index >= 15 is 0 Å². The van der Waals surface area contributed by atoms with E-state index in [9.17, 15) is 0 Å². The minimum atomic E-state index is 0.547. The van der Waals surface area contributed by atoms with Gasteiger partial charge in [-0.1, -0.05) is 24.3 Å². The zero-order valence-electron chi connectivity index (χ0n) is 17.3. The average Bonchev–Trinajstić information content (AvgIpc) is 3.21. The lowest BCUT2D eigenvalue weighted by Crippen LogP contribution is -2.32. The molecule has 0 bridgehead atoms. The Balaban J connectivity index is 1.44. The van der Waals surface area contributed by atoms with Gasteiger partial charge < -0.3 is 14.4 Å². The quantitative estimate of drug-likeness (QED) is 0.709. The smallest absolute Gasteiger partial charge is 0.118 e. The van der Waals surface area contributed by atoms with Crippen LogP contribution in [0.2, 0.25) is 0 Å². The van der Waals surface area contributed by atoms with Gasteiger partial charge in [0, 0.05) is 43.4 Å². The second kappa shape index (κ2) is 9.25. The van der Waals surface area contributed by atoms with Gasteiger partial charge in [-0.05, 0) is 54.8 Å². The fourth-order valence-electron chi connectivity index (χ4n) is 4.07. The molecule has 29 heavy (non-hydrogen) atoms. The summed E-state index contributed by atoms with van der Waals surface area (Å²) in [6.07, 6.45) is 6.60. The van der Waals surface area contributed by atoms with Gasteiger partial charge in [-0.2, -0.15) is 0 Å². The van der Waals surface area contributed by atoms with E-state index in [0.29, 0.717) is 12.7 Å². The normalized spacial score (nSPS) is 19.4. The lowest BCUT2D eigenvalue weighted by molar-refractivity contribution is 0.112. The zero-order valence-corrected chi connectivity index (χ0v) is 17.3. The van der Waals surface area contributed by atoms with E-state index in [2.05, 4.69) is 57.4 Å². The van der Waals surface area contributed by atoms with Gasteiger partial charge in [0.1, 0.15) is 12.4 Å². The Labute approximate surface area is 173 Å². The summed E-state index contributed by atoms with van der Waals surface area (Å²) in [6.45, 7) is 3.60. The van der Waals surface area contributed by atoms with Gasteiger partial charge in [-0.3, -0.25) is 9.89 Å². The predicted molar refractivity (Wildman–Crippen MR) is 119 cm³/mol. The number of allylic oxidation sites excluding steroid dienone is 1. The molecule has 0 unspecified atom stereocenters. The van der Waals surface area contributed by atoms with E-state index < -0.39 is 0 Å². The van der Waals surface area contributed by atoms with Crippen LogP contribution in [0.3, 0.4) is 0 Å². The van der Waals surface area contributed by atoms with Crippen molar-refractivity contribution < 1.29 is 9.47 Å². The van der Waals surface area contributed by atoms with Crippen LogP contribution in [0.4, 0.5) is 5.69 Å². The molecular formula is C24H29N3O2. The maximum absolute atomic E-state index is 5.38. The molecule has 1 atom stereocenters. The Morgan fingerprint density at radius 2 is 1.83 bits per heavy atom. The Morgan fingerprint density at radius 3 is 2.55 bits per heavy atom. The van der Waals surface area contributed by atoms with Gasteiger partial charge in [0.15, 0.2) is 0 Å². The van der Waals surface area contributed by atoms with Crippen molar-refractivity contribution in [1.82, 2.24) is 4.90 Å². The Morgan fingerprint density at radius 1 is 1.03 bits per heavy atom. The van der Waals surface area contributed by atoms with Gasteiger partial charge in [0.2, 0.25) is 0 Å². The molecule has 152 valence electrons. The SMILES string of the molecule is COC[C@H]1CCCN1Cc1ccc(N2C=C(c3ccc(OC)cc3)C=NC2)cc1. The van der Waals surface area contributed by atoms with E-state index in [1.165, 1.54) is 18.4 Å². The van der Waals surface area contributed by atoms with E-state index in [1.807, 2.05) is 18.3 Å². The number of rotatable bonds is 7. The molecule has 5 nitrogen and oxygen atoms in total. The van der Waals surface area contributed by atoms with Gasteiger partial charge in [-0.25, -0.2) is 0 Å². The molecule has 0 saturated carbocycles. The number of methoxy groups -OCH3 is 2. The van der Waals surface area contributed by atoms with Gasteiger partial charge in [0.05, 0.1) is 13.7 Å². The first-order valence-electron chi connectivity index (χ1n) is 10.2. The highest BCUT2D eigenvalue weighted by Gasteiger charge is 2.24. The summed E-state index contributed by atoms with van der Waals surface area (Å²) in [5.74, 6) is 0.861. The third kappa shape index (κ3) is 4.69. The Bertz CT molecular complexity index is 859. The molecule has 0 aliphatic carbocycles. The van der Waals surface area contributed by atoms with Gasteiger partial charge >= 0.3 is 0 Å². The van der Waals surface area contributed by atoms with Crippen molar-refractivity contribution in [2.45, 2.75) is 25.4 Å². The largest absolute Gasteiger partial charge is 0.497 e. The average molecular weight is 392 g/mol. The Hall–Kier alpha value is -2.63. The van der Waals surface area contributed by atoms with Crippen molar-refractivity contribution in [3.05, 3.63) is 65.9 Å². The van der Waals surface area contributed by atoms with Gasteiger partial charge in [0.25, 0.3) is 0 Å². The van der Waals surface area contributed by atoms with Crippen LogP contribution in [0.1, 0.15) is 24.0 Å². The van der Waals surface area contributed by atoms with Crippen LogP contribution in [0, 0.1) is 0 Å². The zero-order chi connectivity index (χ0) is 20.1. The van der Waals surface area contributed by atoms with Crippen molar-refractivity contribution in [3.8, 4) is 5.75 Å². The van der Waals surface area contributed by atoms with Crippen molar-refractivity contribution >= 4 is 17.5 Å². The fraction of sp³-hybridized carbons (Fsp3) is 0.375. The lowest BCUT2D eigenvalue weighted by atomic mass is 10.1. The fourth-order valence-corrected chi connectivity index (χ4v) is 4.07. The maximum atomic E-state index is 5.38. The molecule has 2 aromatic carbocycles.